The monoisotopic (exact) mass is 508 g/mol. The maximum atomic E-state index is 13.3. The average Bonchev–Trinajstić information content (AvgIpc) is 2.87. The second-order valence-electron chi connectivity index (χ2n) is 7.03. The third kappa shape index (κ3) is 5.39. The van der Waals surface area contributed by atoms with Gasteiger partial charge in [-0.1, -0.05) is 66.4 Å². The highest BCUT2D eigenvalue weighted by molar-refractivity contribution is 8.14. The van der Waals surface area contributed by atoms with E-state index in [0.29, 0.717) is 5.82 Å². The number of anilines is 1. The predicted molar refractivity (Wildman–Crippen MR) is 134 cm³/mol. The molecule has 0 aliphatic carbocycles. The van der Waals surface area contributed by atoms with E-state index in [1.807, 2.05) is 36.4 Å². The van der Waals surface area contributed by atoms with Gasteiger partial charge < -0.3 is 5.32 Å². The average molecular weight is 509 g/mol. The highest BCUT2D eigenvalue weighted by Gasteiger charge is 2.33. The van der Waals surface area contributed by atoms with Gasteiger partial charge in [0.05, 0.1) is 9.79 Å². The van der Waals surface area contributed by atoms with Crippen molar-refractivity contribution in [2.24, 2.45) is 0 Å². The second kappa shape index (κ2) is 10.3. The molecule has 0 atom stereocenters. The van der Waals surface area contributed by atoms with Gasteiger partial charge in [-0.15, -0.1) is 0 Å². The summed E-state index contributed by atoms with van der Waals surface area (Å²) in [6.45, 7) is 0. The van der Waals surface area contributed by atoms with Gasteiger partial charge in [0.25, 0.3) is 0 Å². The van der Waals surface area contributed by atoms with Gasteiger partial charge in [-0.05, 0) is 48.5 Å². The first-order chi connectivity index (χ1) is 16.4. The molecule has 0 aliphatic heterocycles. The molecule has 1 N–H and O–H groups in total. The molecule has 6 nitrogen and oxygen atoms in total. The van der Waals surface area contributed by atoms with E-state index in [2.05, 4.69) is 10.3 Å². The number of benzene rings is 3. The van der Waals surface area contributed by atoms with E-state index in [9.17, 15) is 16.8 Å². The van der Waals surface area contributed by atoms with Crippen LogP contribution in [0.3, 0.4) is 0 Å². The van der Waals surface area contributed by atoms with Crippen molar-refractivity contribution in [2.75, 3.05) is 5.32 Å². The van der Waals surface area contributed by atoms with Gasteiger partial charge in [0.1, 0.15) is 5.82 Å². The normalized spacial score (nSPS) is 11.5. The van der Waals surface area contributed by atoms with Crippen molar-refractivity contribution in [3.05, 3.63) is 120 Å². The Morgan fingerprint density at radius 2 is 1.15 bits per heavy atom. The first-order valence-electron chi connectivity index (χ1n) is 10.1. The van der Waals surface area contributed by atoms with Crippen LogP contribution in [0.4, 0.5) is 5.82 Å². The number of aromatic nitrogens is 1. The van der Waals surface area contributed by atoms with E-state index in [4.69, 9.17) is 0 Å². The first-order valence-corrected chi connectivity index (χ1v) is 13.9. The highest BCUT2D eigenvalue weighted by Crippen LogP contribution is 2.30. The molecule has 0 aliphatic rings. The Kier molecular flexibility index (Phi) is 7.16. The van der Waals surface area contributed by atoms with Crippen molar-refractivity contribution >= 4 is 37.3 Å². The lowest BCUT2D eigenvalue weighted by Gasteiger charge is -2.12. The molecule has 172 valence electrons. The first kappa shape index (κ1) is 23.7. The van der Waals surface area contributed by atoms with Crippen LogP contribution < -0.4 is 5.32 Å². The van der Waals surface area contributed by atoms with E-state index < -0.39 is 23.9 Å². The Bertz CT molecular complexity index is 1420. The van der Waals surface area contributed by atoms with Gasteiger partial charge >= 0.3 is 0 Å². The number of nitrogens with zero attached hydrogens (tertiary/aromatic N) is 1. The summed E-state index contributed by atoms with van der Waals surface area (Å²) in [5, 5.41) is 2.75. The summed E-state index contributed by atoms with van der Waals surface area (Å²) >= 11 is 1.53. The lowest BCUT2D eigenvalue weighted by atomic mass is 10.4. The van der Waals surface area contributed by atoms with Gasteiger partial charge in [0, 0.05) is 22.2 Å². The SMILES string of the molecule is O=S(=O)(C(=CNc1ccc(Sc2ccccc2)cn1)S(=O)(=O)c1ccccc1)c1ccccc1. The maximum absolute atomic E-state index is 13.3. The molecule has 0 saturated heterocycles. The van der Waals surface area contributed by atoms with Crippen LogP contribution in [0.15, 0.2) is 139 Å². The van der Waals surface area contributed by atoms with Crippen LogP contribution in [-0.2, 0) is 19.7 Å². The zero-order valence-electron chi connectivity index (χ0n) is 17.8. The molecule has 0 bridgehead atoms. The summed E-state index contributed by atoms with van der Waals surface area (Å²) in [6.07, 6.45) is 2.61. The molecule has 0 saturated carbocycles. The van der Waals surface area contributed by atoms with Gasteiger partial charge in [0.15, 0.2) is 4.24 Å². The molecule has 9 heteroatoms. The van der Waals surface area contributed by atoms with Crippen molar-refractivity contribution in [1.82, 2.24) is 4.98 Å². The maximum Gasteiger partial charge on any atom is 0.219 e. The number of nitrogens with one attached hydrogen (secondary N) is 1. The van der Waals surface area contributed by atoms with Crippen LogP contribution in [0.2, 0.25) is 0 Å². The fourth-order valence-corrected chi connectivity index (χ4v) is 7.48. The molecule has 4 rings (SSSR count). The lowest BCUT2D eigenvalue weighted by molar-refractivity contribution is 0.595. The molecule has 3 aromatic carbocycles. The van der Waals surface area contributed by atoms with Crippen molar-refractivity contribution in [2.45, 2.75) is 19.6 Å². The Hall–Kier alpha value is -3.40. The van der Waals surface area contributed by atoms with Crippen molar-refractivity contribution in [3.8, 4) is 0 Å². The summed E-state index contributed by atoms with van der Waals surface area (Å²) in [5.74, 6) is 0.307. The predicted octanol–water partition coefficient (Wildman–Crippen LogP) is 5.39. The smallest absolute Gasteiger partial charge is 0.219 e. The van der Waals surface area contributed by atoms with Crippen LogP contribution >= 0.6 is 11.8 Å². The molecule has 0 unspecified atom stereocenters. The van der Waals surface area contributed by atoms with E-state index in [1.165, 1.54) is 60.3 Å². The second-order valence-corrected chi connectivity index (χ2v) is 12.3. The fourth-order valence-electron chi connectivity index (χ4n) is 3.01. The summed E-state index contributed by atoms with van der Waals surface area (Å²) in [5.41, 5.74) is 0. The molecule has 0 fully saturated rings. The number of hydrogen-bond acceptors (Lipinski definition) is 7. The quantitative estimate of drug-likeness (QED) is 0.341. The Morgan fingerprint density at radius 3 is 1.62 bits per heavy atom. The van der Waals surface area contributed by atoms with Gasteiger partial charge in [-0.2, -0.15) is 0 Å². The number of sulfone groups is 2. The van der Waals surface area contributed by atoms with Gasteiger partial charge in [0.2, 0.25) is 19.7 Å². The van der Waals surface area contributed by atoms with E-state index in [0.717, 1.165) is 16.0 Å². The summed E-state index contributed by atoms with van der Waals surface area (Å²) < 4.78 is 52.5. The van der Waals surface area contributed by atoms with E-state index in [-0.39, 0.29) is 9.79 Å². The number of pyridine rings is 1. The van der Waals surface area contributed by atoms with Crippen LogP contribution in [0.5, 0.6) is 0 Å². The van der Waals surface area contributed by atoms with Crippen LogP contribution in [-0.4, -0.2) is 21.8 Å². The molecule has 34 heavy (non-hydrogen) atoms. The summed E-state index contributed by atoms with van der Waals surface area (Å²) in [7, 11) is -8.69. The zero-order valence-corrected chi connectivity index (χ0v) is 20.2. The Balaban J connectivity index is 1.67. The molecule has 0 amide bonds. The van der Waals surface area contributed by atoms with Crippen LogP contribution in [0, 0.1) is 0 Å². The largest absolute Gasteiger partial charge is 0.345 e. The standard InChI is InChI=1S/C25H20N2O4S3/c28-33(29,22-12-6-2-7-13-22)25(34(30,31)23-14-8-3-9-15-23)19-27-24-17-16-21(18-26-24)32-20-10-4-1-5-11-20/h1-19H,(H,26,27). The molecule has 1 aromatic heterocycles. The summed E-state index contributed by atoms with van der Waals surface area (Å²) in [4.78, 5) is 5.98. The van der Waals surface area contributed by atoms with Crippen molar-refractivity contribution in [1.29, 1.82) is 0 Å². The lowest BCUT2D eigenvalue weighted by Crippen LogP contribution is -2.16. The molecule has 0 radical (unpaired) electrons. The highest BCUT2D eigenvalue weighted by atomic mass is 32.3. The Morgan fingerprint density at radius 1 is 0.647 bits per heavy atom. The van der Waals surface area contributed by atoms with Gasteiger partial charge in [-0.3, -0.25) is 0 Å². The molecule has 1 heterocycles. The minimum atomic E-state index is -4.35. The minimum Gasteiger partial charge on any atom is -0.345 e. The number of rotatable bonds is 8. The van der Waals surface area contributed by atoms with Crippen molar-refractivity contribution < 1.29 is 16.8 Å². The van der Waals surface area contributed by atoms with Crippen molar-refractivity contribution in [3.63, 3.8) is 0 Å². The molecule has 0 spiro atoms. The third-order valence-electron chi connectivity index (χ3n) is 4.69. The van der Waals surface area contributed by atoms with E-state index in [1.54, 1.807) is 24.4 Å². The molecule has 4 aromatic rings. The molecular weight excluding hydrogens is 488 g/mol. The third-order valence-corrected chi connectivity index (χ3v) is 10.1. The van der Waals surface area contributed by atoms with Gasteiger partial charge in [-0.25, -0.2) is 21.8 Å². The van der Waals surface area contributed by atoms with Crippen LogP contribution in [0.25, 0.3) is 0 Å². The fraction of sp³-hybridized carbons (Fsp3) is 0. The van der Waals surface area contributed by atoms with Crippen LogP contribution in [0.1, 0.15) is 0 Å². The number of hydrogen-bond donors (Lipinski definition) is 1. The zero-order chi connectivity index (χ0) is 24.0. The molecular formula is C25H20N2O4S3. The summed E-state index contributed by atoms with van der Waals surface area (Å²) in [6, 6.07) is 28.2. The van der Waals surface area contributed by atoms with E-state index >= 15 is 0 Å². The topological polar surface area (TPSA) is 93.2 Å². The minimum absolute atomic E-state index is 0.120. The Labute approximate surface area is 203 Å².